The summed E-state index contributed by atoms with van der Waals surface area (Å²) in [5.74, 6) is -0.609. The van der Waals surface area contributed by atoms with Crippen LogP contribution in [-0.2, 0) is 4.79 Å². The maximum absolute atomic E-state index is 13.4. The zero-order valence-corrected chi connectivity index (χ0v) is 11.1. The van der Waals surface area contributed by atoms with Gasteiger partial charge in [0.2, 0.25) is 5.91 Å². The average molecular weight is 303 g/mol. The van der Waals surface area contributed by atoms with Gasteiger partial charge in [-0.15, -0.1) is 0 Å². The highest BCUT2D eigenvalue weighted by Crippen LogP contribution is 2.25. The van der Waals surface area contributed by atoms with Crippen molar-refractivity contribution >= 4 is 27.5 Å². The van der Waals surface area contributed by atoms with Crippen molar-refractivity contribution in [3.8, 4) is 0 Å². The number of nitrogens with one attached hydrogen (secondary N) is 1. The molecule has 0 saturated heterocycles. The van der Waals surface area contributed by atoms with Crippen molar-refractivity contribution in [1.29, 1.82) is 0 Å². The zero-order chi connectivity index (χ0) is 12.7. The predicted octanol–water partition coefficient (Wildman–Crippen LogP) is 3.05. The first-order chi connectivity index (χ1) is 8.15. The number of nitrogens with two attached hydrogens (primary N) is 1. The van der Waals surface area contributed by atoms with Gasteiger partial charge in [-0.3, -0.25) is 4.79 Å². The van der Waals surface area contributed by atoms with E-state index in [0.29, 0.717) is 17.4 Å². The van der Waals surface area contributed by atoms with Gasteiger partial charge >= 0.3 is 0 Å². The monoisotopic (exact) mass is 302 g/mol. The van der Waals surface area contributed by atoms with Crippen LogP contribution in [0.25, 0.3) is 0 Å². The molecule has 17 heavy (non-hydrogen) atoms. The minimum atomic E-state index is -0.435. The molecule has 0 aromatic heterocycles. The van der Waals surface area contributed by atoms with E-state index < -0.39 is 5.82 Å². The number of carbonyl (C=O) groups is 1. The SMILES string of the molecule is NCCCCCC(=O)Nc1c(F)cccc1Br. The summed E-state index contributed by atoms with van der Waals surface area (Å²) in [6.07, 6.45) is 2.99. The number of rotatable bonds is 6. The second-order valence-corrected chi connectivity index (χ2v) is 4.60. The van der Waals surface area contributed by atoms with Gasteiger partial charge in [-0.25, -0.2) is 4.39 Å². The molecule has 0 bridgehead atoms. The summed E-state index contributed by atoms with van der Waals surface area (Å²) in [6, 6.07) is 4.58. The lowest BCUT2D eigenvalue weighted by Crippen LogP contribution is -2.13. The van der Waals surface area contributed by atoms with Gasteiger partial charge in [0, 0.05) is 10.9 Å². The second-order valence-electron chi connectivity index (χ2n) is 3.74. The van der Waals surface area contributed by atoms with Crippen LogP contribution < -0.4 is 11.1 Å². The van der Waals surface area contributed by atoms with Crippen LogP contribution in [0.2, 0.25) is 0 Å². The van der Waals surface area contributed by atoms with E-state index >= 15 is 0 Å². The summed E-state index contributed by atoms with van der Waals surface area (Å²) < 4.78 is 13.9. The molecule has 0 fully saturated rings. The quantitative estimate of drug-likeness (QED) is 0.794. The molecule has 5 heteroatoms. The Kier molecular flexibility index (Phi) is 6.15. The van der Waals surface area contributed by atoms with Crippen LogP contribution in [0.5, 0.6) is 0 Å². The van der Waals surface area contributed by atoms with Crippen LogP contribution in [0.1, 0.15) is 25.7 Å². The molecule has 0 spiro atoms. The Morgan fingerprint density at radius 1 is 1.35 bits per heavy atom. The lowest BCUT2D eigenvalue weighted by molar-refractivity contribution is -0.116. The van der Waals surface area contributed by atoms with Crippen LogP contribution >= 0.6 is 15.9 Å². The Balaban J connectivity index is 2.45. The van der Waals surface area contributed by atoms with Crippen molar-refractivity contribution < 1.29 is 9.18 Å². The van der Waals surface area contributed by atoms with E-state index in [0.717, 1.165) is 19.3 Å². The number of anilines is 1. The van der Waals surface area contributed by atoms with E-state index in [1.165, 1.54) is 6.07 Å². The van der Waals surface area contributed by atoms with Gasteiger partial charge in [-0.2, -0.15) is 0 Å². The third-order valence-electron chi connectivity index (χ3n) is 2.34. The first-order valence-corrected chi connectivity index (χ1v) is 6.38. The first kappa shape index (κ1) is 14.1. The molecule has 0 aliphatic heterocycles. The largest absolute Gasteiger partial charge is 0.330 e. The molecule has 0 heterocycles. The van der Waals surface area contributed by atoms with Crippen molar-refractivity contribution in [2.75, 3.05) is 11.9 Å². The highest BCUT2D eigenvalue weighted by atomic mass is 79.9. The molecule has 1 aromatic rings. The number of benzene rings is 1. The third kappa shape index (κ3) is 4.83. The molecule has 94 valence electrons. The van der Waals surface area contributed by atoms with Crippen molar-refractivity contribution in [3.63, 3.8) is 0 Å². The van der Waals surface area contributed by atoms with E-state index in [1.807, 2.05) is 0 Å². The van der Waals surface area contributed by atoms with Gasteiger partial charge in [0.15, 0.2) is 0 Å². The molecule has 3 N–H and O–H groups in total. The molecule has 0 radical (unpaired) electrons. The van der Waals surface area contributed by atoms with Gasteiger partial charge in [-0.1, -0.05) is 12.5 Å². The molecule has 0 unspecified atom stereocenters. The number of hydrogen-bond donors (Lipinski definition) is 2. The molecule has 1 rings (SSSR count). The lowest BCUT2D eigenvalue weighted by Gasteiger charge is -2.08. The Morgan fingerprint density at radius 2 is 2.12 bits per heavy atom. The van der Waals surface area contributed by atoms with Gasteiger partial charge in [0.1, 0.15) is 5.82 Å². The van der Waals surface area contributed by atoms with Crippen molar-refractivity contribution in [2.45, 2.75) is 25.7 Å². The molecular weight excluding hydrogens is 287 g/mol. The van der Waals surface area contributed by atoms with Gasteiger partial charge in [0.05, 0.1) is 5.69 Å². The number of amides is 1. The van der Waals surface area contributed by atoms with Gasteiger partial charge in [0.25, 0.3) is 0 Å². The summed E-state index contributed by atoms with van der Waals surface area (Å²) >= 11 is 3.20. The molecule has 0 aliphatic carbocycles. The minimum absolute atomic E-state index is 0.173. The topological polar surface area (TPSA) is 55.1 Å². The summed E-state index contributed by atoms with van der Waals surface area (Å²) in [7, 11) is 0. The maximum Gasteiger partial charge on any atom is 0.224 e. The Bertz CT molecular complexity index is 365. The Morgan fingerprint density at radius 3 is 2.76 bits per heavy atom. The lowest BCUT2D eigenvalue weighted by atomic mass is 10.2. The fourth-order valence-electron chi connectivity index (χ4n) is 1.43. The van der Waals surface area contributed by atoms with Crippen molar-refractivity contribution in [1.82, 2.24) is 0 Å². The molecular formula is C12H16BrFN2O. The number of halogens is 2. The first-order valence-electron chi connectivity index (χ1n) is 5.59. The van der Waals surface area contributed by atoms with E-state index in [-0.39, 0.29) is 11.6 Å². The van der Waals surface area contributed by atoms with Gasteiger partial charge in [-0.05, 0) is 47.4 Å². The number of unbranched alkanes of at least 4 members (excludes halogenated alkanes) is 2. The van der Waals surface area contributed by atoms with Gasteiger partial charge < -0.3 is 11.1 Å². The van der Waals surface area contributed by atoms with Crippen LogP contribution in [-0.4, -0.2) is 12.5 Å². The summed E-state index contributed by atoms with van der Waals surface area (Å²) in [6.45, 7) is 0.639. The molecule has 0 atom stereocenters. The van der Waals surface area contributed by atoms with E-state index in [2.05, 4.69) is 21.2 Å². The highest BCUT2D eigenvalue weighted by Gasteiger charge is 2.09. The normalized spacial score (nSPS) is 10.3. The van der Waals surface area contributed by atoms with E-state index in [9.17, 15) is 9.18 Å². The van der Waals surface area contributed by atoms with Crippen molar-refractivity contribution in [2.24, 2.45) is 5.73 Å². The highest BCUT2D eigenvalue weighted by molar-refractivity contribution is 9.10. The number of hydrogen-bond acceptors (Lipinski definition) is 2. The third-order valence-corrected chi connectivity index (χ3v) is 3.00. The van der Waals surface area contributed by atoms with E-state index in [1.54, 1.807) is 12.1 Å². The van der Waals surface area contributed by atoms with Crippen LogP contribution in [0.15, 0.2) is 22.7 Å². The van der Waals surface area contributed by atoms with E-state index in [4.69, 9.17) is 5.73 Å². The average Bonchev–Trinajstić information content (AvgIpc) is 2.30. The zero-order valence-electron chi connectivity index (χ0n) is 9.51. The van der Waals surface area contributed by atoms with Crippen molar-refractivity contribution in [3.05, 3.63) is 28.5 Å². The van der Waals surface area contributed by atoms with Crippen LogP contribution in [0.3, 0.4) is 0 Å². The predicted molar refractivity (Wildman–Crippen MR) is 70.3 cm³/mol. The second kappa shape index (κ2) is 7.40. The Labute approximate surface area is 109 Å². The molecule has 1 aromatic carbocycles. The summed E-state index contributed by atoms with van der Waals surface area (Å²) in [5, 5.41) is 2.56. The standard InChI is InChI=1S/C12H16BrFN2O/c13-9-5-4-6-10(14)12(9)16-11(17)7-2-1-3-8-15/h4-6H,1-3,7-8,15H2,(H,16,17). The number of carbonyl (C=O) groups excluding carboxylic acids is 1. The minimum Gasteiger partial charge on any atom is -0.330 e. The molecule has 0 saturated carbocycles. The smallest absolute Gasteiger partial charge is 0.224 e. The molecule has 3 nitrogen and oxygen atoms in total. The Hall–Kier alpha value is -0.940. The fourth-order valence-corrected chi connectivity index (χ4v) is 1.87. The van der Waals surface area contributed by atoms with Crippen LogP contribution in [0, 0.1) is 5.82 Å². The molecule has 1 amide bonds. The summed E-state index contributed by atoms with van der Waals surface area (Å²) in [5.41, 5.74) is 5.56. The van der Waals surface area contributed by atoms with Crippen LogP contribution in [0.4, 0.5) is 10.1 Å². The molecule has 0 aliphatic rings. The number of para-hydroxylation sites is 1. The summed E-state index contributed by atoms with van der Waals surface area (Å²) in [4.78, 5) is 11.6. The maximum atomic E-state index is 13.4. The fraction of sp³-hybridized carbons (Fsp3) is 0.417.